The van der Waals surface area contributed by atoms with Crippen LogP contribution in [0.2, 0.25) is 0 Å². The molecule has 0 aliphatic heterocycles. The van der Waals surface area contributed by atoms with Crippen molar-refractivity contribution in [1.29, 1.82) is 0 Å². The molecule has 0 N–H and O–H groups in total. The van der Waals surface area contributed by atoms with Crippen LogP contribution < -0.4 is 9.80 Å². The monoisotopic (exact) mass is 799 g/mol. The molecule has 0 aliphatic rings. The van der Waals surface area contributed by atoms with Gasteiger partial charge in [0.05, 0.1) is 21.6 Å². The average Bonchev–Trinajstić information content (AvgIpc) is 3.66. The fourth-order valence-corrected chi connectivity index (χ4v) is 6.66. The number of thiazole rings is 1. The SMILES string of the molecule is C.CN(C)c1ccc(-c2cn3c(n2)sc2cc(I)ccc23)cc1.CN(C)c1ccc(-n2nc3ccc(I)cc3n2)cc1. The van der Waals surface area contributed by atoms with Crippen LogP contribution in [0.15, 0.2) is 91.1 Å². The smallest absolute Gasteiger partial charge is 0.195 e. The largest absolute Gasteiger partial charge is 0.378 e. The highest BCUT2D eigenvalue weighted by atomic mass is 127. The number of nitrogens with zero attached hydrogens (tertiary/aromatic N) is 7. The Morgan fingerprint density at radius 2 is 1.29 bits per heavy atom. The van der Waals surface area contributed by atoms with Crippen molar-refractivity contribution >= 4 is 94.1 Å². The summed E-state index contributed by atoms with van der Waals surface area (Å²) in [6.45, 7) is 0. The Morgan fingerprint density at radius 3 is 1.95 bits per heavy atom. The van der Waals surface area contributed by atoms with Gasteiger partial charge < -0.3 is 9.80 Å². The number of halogens is 2. The van der Waals surface area contributed by atoms with Gasteiger partial charge in [-0.3, -0.25) is 4.40 Å². The van der Waals surface area contributed by atoms with Crippen molar-refractivity contribution in [3.63, 3.8) is 0 Å². The molecule has 214 valence electrons. The fraction of sp³-hybridized carbons (Fsp3) is 0.156. The van der Waals surface area contributed by atoms with Crippen LogP contribution in [0, 0.1) is 7.14 Å². The van der Waals surface area contributed by atoms with Gasteiger partial charge >= 0.3 is 0 Å². The number of hydrogen-bond acceptors (Lipinski definition) is 6. The summed E-state index contributed by atoms with van der Waals surface area (Å²) >= 11 is 6.37. The molecule has 0 aliphatic carbocycles. The topological polar surface area (TPSA) is 54.5 Å². The van der Waals surface area contributed by atoms with Crippen molar-refractivity contribution < 1.29 is 0 Å². The minimum Gasteiger partial charge on any atom is -0.378 e. The number of benzene rings is 4. The highest BCUT2D eigenvalue weighted by Crippen LogP contribution is 2.31. The van der Waals surface area contributed by atoms with E-state index in [-0.39, 0.29) is 7.43 Å². The van der Waals surface area contributed by atoms with Crippen molar-refractivity contribution in [2.24, 2.45) is 0 Å². The number of imidazole rings is 1. The van der Waals surface area contributed by atoms with Gasteiger partial charge in [-0.15, -0.1) is 10.2 Å². The number of anilines is 2. The molecule has 0 unspecified atom stereocenters. The summed E-state index contributed by atoms with van der Waals surface area (Å²) in [5.41, 5.74) is 8.57. The van der Waals surface area contributed by atoms with Gasteiger partial charge in [0.2, 0.25) is 0 Å². The van der Waals surface area contributed by atoms with Gasteiger partial charge in [0.25, 0.3) is 0 Å². The summed E-state index contributed by atoms with van der Waals surface area (Å²) in [7, 11) is 8.15. The lowest BCUT2D eigenvalue weighted by atomic mass is 10.1. The van der Waals surface area contributed by atoms with E-state index in [1.165, 1.54) is 23.0 Å². The van der Waals surface area contributed by atoms with Crippen molar-refractivity contribution in [1.82, 2.24) is 24.4 Å². The second kappa shape index (κ2) is 12.6. The van der Waals surface area contributed by atoms with Gasteiger partial charge in [-0.25, -0.2) is 4.98 Å². The third kappa shape index (κ3) is 6.25. The van der Waals surface area contributed by atoms with Crippen molar-refractivity contribution in [2.45, 2.75) is 7.43 Å². The van der Waals surface area contributed by atoms with E-state index in [2.05, 4.69) is 144 Å². The minimum absolute atomic E-state index is 0. The highest BCUT2D eigenvalue weighted by molar-refractivity contribution is 14.1. The molecule has 0 fully saturated rings. The van der Waals surface area contributed by atoms with E-state index < -0.39 is 0 Å². The molecule has 0 saturated carbocycles. The lowest BCUT2D eigenvalue weighted by Crippen LogP contribution is -2.08. The van der Waals surface area contributed by atoms with Gasteiger partial charge in [0.15, 0.2) is 4.96 Å². The molecule has 0 saturated heterocycles. The second-order valence-electron chi connectivity index (χ2n) is 9.97. The molecule has 0 radical (unpaired) electrons. The zero-order valence-corrected chi connectivity index (χ0v) is 28.1. The molecular formula is C32H31I2N7S. The summed E-state index contributed by atoms with van der Waals surface area (Å²) in [5, 5.41) is 8.99. The van der Waals surface area contributed by atoms with Gasteiger partial charge in [0.1, 0.15) is 11.0 Å². The van der Waals surface area contributed by atoms with Crippen LogP contribution in [0.5, 0.6) is 0 Å². The third-order valence-electron chi connectivity index (χ3n) is 6.68. The number of hydrogen-bond donors (Lipinski definition) is 0. The van der Waals surface area contributed by atoms with Crippen molar-refractivity contribution in [2.75, 3.05) is 38.0 Å². The van der Waals surface area contributed by atoms with Crippen LogP contribution in [0.3, 0.4) is 0 Å². The van der Waals surface area contributed by atoms with E-state index >= 15 is 0 Å². The van der Waals surface area contributed by atoms with Gasteiger partial charge in [0, 0.05) is 58.5 Å². The standard InChI is InChI=1S/C17H14IN3S.C14H13IN4.CH4/c1-20(2)13-6-3-11(4-7-13)14-10-21-15-8-5-12(18)9-16(15)22-17(21)19-14;1-18(2)11-4-6-12(7-5-11)19-16-13-8-3-10(15)9-14(13)17-19;/h3-10H,1-2H3;3-9H,1-2H3;1H4. The van der Waals surface area contributed by atoms with Gasteiger partial charge in [-0.2, -0.15) is 4.80 Å². The second-order valence-corrected chi connectivity index (χ2v) is 13.5. The first-order valence-electron chi connectivity index (χ1n) is 12.9. The molecule has 0 atom stereocenters. The normalized spacial score (nSPS) is 10.9. The Labute approximate surface area is 277 Å². The first-order valence-corrected chi connectivity index (χ1v) is 15.9. The molecule has 42 heavy (non-hydrogen) atoms. The van der Waals surface area contributed by atoms with E-state index in [0.717, 1.165) is 38.6 Å². The van der Waals surface area contributed by atoms with Crippen LogP contribution in [-0.4, -0.2) is 52.6 Å². The summed E-state index contributed by atoms with van der Waals surface area (Å²) in [6, 6.07) is 29.3. The van der Waals surface area contributed by atoms with Gasteiger partial charge in [-0.05, 0) is 118 Å². The van der Waals surface area contributed by atoms with E-state index in [9.17, 15) is 0 Å². The predicted octanol–water partition coefficient (Wildman–Crippen LogP) is 8.61. The summed E-state index contributed by atoms with van der Waals surface area (Å²) in [5.74, 6) is 0. The fourth-order valence-electron chi connectivity index (χ4n) is 4.43. The first kappa shape index (κ1) is 30.2. The Balaban J connectivity index is 0.000000166. The lowest BCUT2D eigenvalue weighted by molar-refractivity contribution is 0.765. The molecule has 3 aromatic heterocycles. The maximum absolute atomic E-state index is 4.79. The van der Waals surface area contributed by atoms with Crippen LogP contribution in [-0.2, 0) is 0 Å². The summed E-state index contributed by atoms with van der Waals surface area (Å²) < 4.78 is 5.89. The maximum Gasteiger partial charge on any atom is 0.195 e. The lowest BCUT2D eigenvalue weighted by Gasteiger charge is -2.12. The molecule has 3 heterocycles. The molecule has 0 spiro atoms. The van der Waals surface area contributed by atoms with Crippen LogP contribution in [0.25, 0.3) is 43.2 Å². The number of fused-ring (bicyclic) bond motifs is 4. The van der Waals surface area contributed by atoms with Crippen molar-refractivity contribution in [3.8, 4) is 16.9 Å². The van der Waals surface area contributed by atoms with Crippen molar-refractivity contribution in [3.05, 3.63) is 98.3 Å². The van der Waals surface area contributed by atoms with E-state index in [0.29, 0.717) is 0 Å². The Morgan fingerprint density at radius 1 is 0.690 bits per heavy atom. The molecule has 4 aromatic carbocycles. The summed E-state index contributed by atoms with van der Waals surface area (Å²) in [6.07, 6.45) is 2.13. The molecule has 7 rings (SSSR count). The molecule has 7 aromatic rings. The first-order chi connectivity index (χ1) is 19.7. The molecule has 0 amide bonds. The Bertz CT molecular complexity index is 1970. The van der Waals surface area contributed by atoms with E-state index in [1.54, 1.807) is 16.1 Å². The predicted molar refractivity (Wildman–Crippen MR) is 196 cm³/mol. The molecule has 0 bridgehead atoms. The van der Waals surface area contributed by atoms with Crippen LogP contribution >= 0.6 is 56.5 Å². The van der Waals surface area contributed by atoms with Crippen LogP contribution in [0.4, 0.5) is 11.4 Å². The van der Waals surface area contributed by atoms with E-state index in [1.807, 2.05) is 44.4 Å². The van der Waals surface area contributed by atoms with Gasteiger partial charge in [-0.1, -0.05) is 30.9 Å². The maximum atomic E-state index is 4.79. The average molecular weight is 800 g/mol. The highest BCUT2D eigenvalue weighted by Gasteiger charge is 2.11. The number of aromatic nitrogens is 5. The van der Waals surface area contributed by atoms with Crippen LogP contribution in [0.1, 0.15) is 7.43 Å². The molecular weight excluding hydrogens is 768 g/mol. The summed E-state index contributed by atoms with van der Waals surface area (Å²) in [4.78, 5) is 11.7. The Hall–Kier alpha value is -3.23. The molecule has 7 nitrogen and oxygen atoms in total. The zero-order valence-electron chi connectivity index (χ0n) is 23.0. The minimum atomic E-state index is 0. The Kier molecular flexibility index (Phi) is 9.04. The molecule has 10 heteroatoms. The van der Waals surface area contributed by atoms with E-state index in [4.69, 9.17) is 4.98 Å². The quantitative estimate of drug-likeness (QED) is 0.167. The third-order valence-corrected chi connectivity index (χ3v) is 9.03. The zero-order chi connectivity index (χ0) is 28.7. The number of rotatable bonds is 4.